The minimum Gasteiger partial charge on any atom is -0.497 e. The van der Waals surface area contributed by atoms with E-state index in [1.165, 1.54) is 18.4 Å². The van der Waals surface area contributed by atoms with Gasteiger partial charge in [-0.05, 0) is 19.4 Å². The molecule has 9 nitrogen and oxygen atoms in total. The zero-order chi connectivity index (χ0) is 20.5. The standard InChI is InChI=1S/C19H26N2O7/c1-3-16-19(23)18(15-10-13(21(24)25)6-7-17(15)28-16)20-11-14(27-4-2)12-26-9-5-8-22/h6-8,10,12,16,18-20,23H,3-5,9,11H2,1-2H3/b14-12-. The highest BCUT2D eigenvalue weighted by Gasteiger charge is 2.37. The normalized spacial score (nSPS) is 21.4. The summed E-state index contributed by atoms with van der Waals surface area (Å²) in [7, 11) is 0. The van der Waals surface area contributed by atoms with E-state index in [1.807, 2.05) is 13.8 Å². The maximum atomic E-state index is 11.1. The van der Waals surface area contributed by atoms with Crippen LogP contribution >= 0.6 is 0 Å². The van der Waals surface area contributed by atoms with E-state index in [0.717, 1.165) is 6.29 Å². The molecule has 2 N–H and O–H groups in total. The van der Waals surface area contributed by atoms with Gasteiger partial charge in [-0.2, -0.15) is 0 Å². The third-order valence-electron chi connectivity index (χ3n) is 4.34. The second-order valence-corrected chi connectivity index (χ2v) is 6.24. The number of carbonyl (C=O) groups excluding carboxylic acids is 1. The first-order valence-corrected chi connectivity index (χ1v) is 9.25. The predicted octanol–water partition coefficient (Wildman–Crippen LogP) is 2.24. The van der Waals surface area contributed by atoms with E-state index in [4.69, 9.17) is 14.2 Å². The highest BCUT2D eigenvalue weighted by molar-refractivity contribution is 5.49. The Morgan fingerprint density at radius 1 is 1.43 bits per heavy atom. The fourth-order valence-electron chi connectivity index (χ4n) is 2.98. The van der Waals surface area contributed by atoms with Crippen molar-refractivity contribution in [2.24, 2.45) is 0 Å². The van der Waals surface area contributed by atoms with Gasteiger partial charge in [0.2, 0.25) is 0 Å². The van der Waals surface area contributed by atoms with E-state index in [1.54, 1.807) is 6.07 Å². The molecule has 1 heterocycles. The van der Waals surface area contributed by atoms with E-state index in [2.05, 4.69) is 5.32 Å². The summed E-state index contributed by atoms with van der Waals surface area (Å²) in [5, 5.41) is 25.0. The summed E-state index contributed by atoms with van der Waals surface area (Å²) in [4.78, 5) is 21.0. The fraction of sp³-hybridized carbons (Fsp3) is 0.526. The lowest BCUT2D eigenvalue weighted by atomic mass is 9.92. The van der Waals surface area contributed by atoms with Crippen molar-refractivity contribution in [3.05, 3.63) is 45.9 Å². The largest absolute Gasteiger partial charge is 0.497 e. The quantitative estimate of drug-likeness (QED) is 0.193. The second-order valence-electron chi connectivity index (χ2n) is 6.24. The predicted molar refractivity (Wildman–Crippen MR) is 101 cm³/mol. The molecule has 2 rings (SSSR count). The number of aliphatic hydroxyl groups is 1. The van der Waals surface area contributed by atoms with E-state index in [0.29, 0.717) is 30.1 Å². The third-order valence-corrected chi connectivity index (χ3v) is 4.34. The van der Waals surface area contributed by atoms with Gasteiger partial charge in [0.25, 0.3) is 5.69 Å². The van der Waals surface area contributed by atoms with Crippen molar-refractivity contribution < 1.29 is 29.0 Å². The molecular formula is C19H26N2O7. The molecule has 0 aliphatic carbocycles. The zero-order valence-electron chi connectivity index (χ0n) is 16.0. The number of nitro benzene ring substituents is 1. The average Bonchev–Trinajstić information content (AvgIpc) is 2.69. The van der Waals surface area contributed by atoms with E-state index in [9.17, 15) is 20.0 Å². The van der Waals surface area contributed by atoms with Crippen LogP contribution < -0.4 is 10.1 Å². The number of carbonyl (C=O) groups is 1. The number of ether oxygens (including phenoxy) is 3. The van der Waals surface area contributed by atoms with Gasteiger partial charge in [0.15, 0.2) is 0 Å². The Morgan fingerprint density at radius 2 is 2.21 bits per heavy atom. The first kappa shape index (κ1) is 21.6. The highest BCUT2D eigenvalue weighted by atomic mass is 16.6. The number of aliphatic hydroxyl groups excluding tert-OH is 1. The fourth-order valence-corrected chi connectivity index (χ4v) is 2.98. The van der Waals surface area contributed by atoms with Gasteiger partial charge in [0.05, 0.1) is 30.7 Å². The SMILES string of the molecule is CCO/C(=C\OCCC=O)CNC1c2cc([N+](=O)[O-])ccc2OC(CC)C1O. The lowest BCUT2D eigenvalue weighted by molar-refractivity contribution is -0.385. The summed E-state index contributed by atoms with van der Waals surface area (Å²) >= 11 is 0. The topological polar surface area (TPSA) is 120 Å². The van der Waals surface area contributed by atoms with Gasteiger partial charge in [-0.15, -0.1) is 0 Å². The van der Waals surface area contributed by atoms with Crippen LogP contribution in [0, 0.1) is 10.1 Å². The molecule has 0 radical (unpaired) electrons. The number of hydrogen-bond acceptors (Lipinski definition) is 8. The first-order valence-electron chi connectivity index (χ1n) is 9.25. The molecule has 1 aromatic carbocycles. The lowest BCUT2D eigenvalue weighted by Crippen LogP contribution is -2.46. The number of nitro groups is 1. The molecule has 0 amide bonds. The Morgan fingerprint density at radius 3 is 2.86 bits per heavy atom. The smallest absolute Gasteiger partial charge is 0.270 e. The number of rotatable bonds is 11. The van der Waals surface area contributed by atoms with Gasteiger partial charge in [-0.3, -0.25) is 10.1 Å². The van der Waals surface area contributed by atoms with Crippen LogP contribution in [-0.2, 0) is 14.3 Å². The lowest BCUT2D eigenvalue weighted by Gasteiger charge is -2.36. The third kappa shape index (κ3) is 5.43. The van der Waals surface area contributed by atoms with E-state index in [-0.39, 0.29) is 25.3 Å². The van der Waals surface area contributed by atoms with Crippen LogP contribution in [0.15, 0.2) is 30.2 Å². The molecule has 0 spiro atoms. The molecule has 0 saturated heterocycles. The Balaban J connectivity index is 2.20. The monoisotopic (exact) mass is 394 g/mol. The zero-order valence-corrected chi connectivity index (χ0v) is 16.0. The summed E-state index contributed by atoms with van der Waals surface area (Å²) in [6, 6.07) is 3.77. The molecule has 3 atom stereocenters. The molecule has 1 aliphatic rings. The molecule has 3 unspecified atom stereocenters. The average molecular weight is 394 g/mol. The number of non-ortho nitro benzene ring substituents is 1. The van der Waals surface area contributed by atoms with Crippen molar-refractivity contribution in [2.45, 2.75) is 44.9 Å². The second kappa shape index (κ2) is 10.6. The van der Waals surface area contributed by atoms with Crippen LogP contribution in [0.2, 0.25) is 0 Å². The van der Waals surface area contributed by atoms with Gasteiger partial charge >= 0.3 is 0 Å². The van der Waals surface area contributed by atoms with Crippen molar-refractivity contribution >= 4 is 12.0 Å². The van der Waals surface area contributed by atoms with Crippen LogP contribution in [-0.4, -0.2) is 48.3 Å². The van der Waals surface area contributed by atoms with Gasteiger partial charge < -0.3 is 29.4 Å². The minimum absolute atomic E-state index is 0.0749. The molecule has 0 saturated carbocycles. The molecular weight excluding hydrogens is 368 g/mol. The molecule has 28 heavy (non-hydrogen) atoms. The van der Waals surface area contributed by atoms with Crippen molar-refractivity contribution in [3.63, 3.8) is 0 Å². The van der Waals surface area contributed by atoms with E-state index < -0.39 is 23.2 Å². The molecule has 154 valence electrons. The van der Waals surface area contributed by atoms with Crippen LogP contribution in [0.3, 0.4) is 0 Å². The summed E-state index contributed by atoms with van der Waals surface area (Å²) in [6.07, 6.45) is 1.72. The maximum absolute atomic E-state index is 11.1. The van der Waals surface area contributed by atoms with E-state index >= 15 is 0 Å². The van der Waals surface area contributed by atoms with Crippen LogP contribution in [0.4, 0.5) is 5.69 Å². The molecule has 0 fully saturated rings. The Labute approximate surface area is 163 Å². The number of aldehydes is 1. The molecule has 1 aromatic rings. The van der Waals surface area contributed by atoms with Crippen LogP contribution in [0.1, 0.15) is 38.3 Å². The van der Waals surface area contributed by atoms with Gasteiger partial charge in [-0.1, -0.05) is 6.92 Å². The van der Waals surface area contributed by atoms with Crippen LogP contribution in [0.25, 0.3) is 0 Å². The van der Waals surface area contributed by atoms with Gasteiger partial charge in [0, 0.05) is 24.1 Å². The summed E-state index contributed by atoms with van der Waals surface area (Å²) in [5.41, 5.74) is 0.443. The number of hydrogen-bond donors (Lipinski definition) is 2. The van der Waals surface area contributed by atoms with Crippen LogP contribution in [0.5, 0.6) is 5.75 Å². The molecule has 1 aliphatic heterocycles. The van der Waals surface area contributed by atoms with Crippen molar-refractivity contribution in [1.29, 1.82) is 0 Å². The number of nitrogens with zero attached hydrogens (tertiary/aromatic N) is 1. The molecule has 9 heteroatoms. The molecule has 0 bridgehead atoms. The Hall–Kier alpha value is -2.65. The Kier molecular flexibility index (Phi) is 8.21. The highest BCUT2D eigenvalue weighted by Crippen LogP contribution is 2.38. The van der Waals surface area contributed by atoms with Crippen molar-refractivity contribution in [1.82, 2.24) is 5.32 Å². The first-order chi connectivity index (χ1) is 13.5. The van der Waals surface area contributed by atoms with Crippen molar-refractivity contribution in [3.8, 4) is 5.75 Å². The van der Waals surface area contributed by atoms with Gasteiger partial charge in [0.1, 0.15) is 36.3 Å². The maximum Gasteiger partial charge on any atom is 0.270 e. The number of fused-ring (bicyclic) bond motifs is 1. The van der Waals surface area contributed by atoms with Crippen molar-refractivity contribution in [2.75, 3.05) is 19.8 Å². The summed E-state index contributed by atoms with van der Waals surface area (Å²) in [6.45, 7) is 4.62. The van der Waals surface area contributed by atoms with Gasteiger partial charge in [-0.25, -0.2) is 0 Å². The molecule has 0 aromatic heterocycles. The summed E-state index contributed by atoms with van der Waals surface area (Å²) < 4.78 is 16.6. The minimum atomic E-state index is -0.890. The number of benzene rings is 1. The Bertz CT molecular complexity index is 708. The summed E-state index contributed by atoms with van der Waals surface area (Å²) in [5.74, 6) is 0.997. The number of nitrogens with one attached hydrogen (secondary N) is 1.